The number of ether oxygens (including phenoxy) is 2. The van der Waals surface area contributed by atoms with E-state index in [1.54, 1.807) is 17.0 Å². The van der Waals surface area contributed by atoms with Crippen LogP contribution in [0.25, 0.3) is 0 Å². The molecular formula is C20H27FN2O4. The summed E-state index contributed by atoms with van der Waals surface area (Å²) in [5, 5.41) is 11.1. The fourth-order valence-corrected chi connectivity index (χ4v) is 4.38. The molecule has 6 nitrogen and oxygen atoms in total. The quantitative estimate of drug-likeness (QED) is 0.861. The van der Waals surface area contributed by atoms with Gasteiger partial charge in [-0.15, -0.1) is 0 Å². The Morgan fingerprint density at radius 2 is 1.70 bits per heavy atom. The predicted octanol–water partition coefficient (Wildman–Crippen LogP) is 1.52. The van der Waals surface area contributed by atoms with E-state index in [1.165, 1.54) is 12.1 Å². The first-order valence-corrected chi connectivity index (χ1v) is 9.75. The monoisotopic (exact) mass is 378 g/mol. The zero-order chi connectivity index (χ0) is 18.9. The number of carbonyl (C=O) groups is 1. The zero-order valence-corrected chi connectivity index (χ0v) is 15.5. The molecule has 148 valence electrons. The Hall–Kier alpha value is -1.54. The minimum atomic E-state index is -1.36. The molecule has 3 heterocycles. The lowest BCUT2D eigenvalue weighted by atomic mass is 9.89. The average Bonchev–Trinajstić information content (AvgIpc) is 3.11. The number of aliphatic hydroxyl groups is 1. The van der Waals surface area contributed by atoms with Crippen LogP contribution in [-0.2, 0) is 20.8 Å². The molecule has 1 N–H and O–H groups in total. The highest BCUT2D eigenvalue weighted by atomic mass is 19.1. The van der Waals surface area contributed by atoms with Crippen LogP contribution in [0.3, 0.4) is 0 Å². The van der Waals surface area contributed by atoms with Crippen molar-refractivity contribution in [3.63, 3.8) is 0 Å². The summed E-state index contributed by atoms with van der Waals surface area (Å²) in [5.74, 6) is -0.977. The standard InChI is InChI=1S/C20H27FN2O4/c21-17-4-2-16(3-5-17)14-23-9-1-6-19(25,18(23)24)15-22-10-7-20(8-11-22)26-12-13-27-20/h2-5,25H,1,6-15H2/t19-/m0/s1. The normalized spacial score (nSPS) is 28.8. The van der Waals surface area contributed by atoms with Gasteiger partial charge in [0, 0.05) is 45.6 Å². The first-order valence-electron chi connectivity index (χ1n) is 9.75. The highest BCUT2D eigenvalue weighted by Crippen LogP contribution is 2.33. The lowest BCUT2D eigenvalue weighted by Gasteiger charge is -2.43. The summed E-state index contributed by atoms with van der Waals surface area (Å²) in [7, 11) is 0. The van der Waals surface area contributed by atoms with Crippen LogP contribution in [0.4, 0.5) is 4.39 Å². The Morgan fingerprint density at radius 3 is 2.37 bits per heavy atom. The van der Waals surface area contributed by atoms with E-state index in [0.29, 0.717) is 39.3 Å². The topological polar surface area (TPSA) is 62.2 Å². The van der Waals surface area contributed by atoms with E-state index in [1.807, 2.05) is 0 Å². The van der Waals surface area contributed by atoms with Gasteiger partial charge in [-0.3, -0.25) is 9.69 Å². The van der Waals surface area contributed by atoms with E-state index in [-0.39, 0.29) is 11.7 Å². The molecule has 3 saturated heterocycles. The Morgan fingerprint density at radius 1 is 1.04 bits per heavy atom. The molecule has 7 heteroatoms. The second-order valence-corrected chi connectivity index (χ2v) is 7.87. The molecule has 4 rings (SSSR count). The molecule has 1 atom stereocenters. The first-order chi connectivity index (χ1) is 13.0. The van der Waals surface area contributed by atoms with E-state index in [0.717, 1.165) is 37.9 Å². The molecule has 1 aromatic rings. The lowest BCUT2D eigenvalue weighted by molar-refractivity contribution is -0.190. The number of hydrogen-bond donors (Lipinski definition) is 1. The maximum absolute atomic E-state index is 13.1. The van der Waals surface area contributed by atoms with Crippen LogP contribution in [0.2, 0.25) is 0 Å². The third kappa shape index (κ3) is 4.01. The van der Waals surface area contributed by atoms with Gasteiger partial charge >= 0.3 is 0 Å². The Labute approximate surface area is 158 Å². The molecule has 3 aliphatic rings. The van der Waals surface area contributed by atoms with Gasteiger partial charge < -0.3 is 19.5 Å². The zero-order valence-electron chi connectivity index (χ0n) is 15.5. The van der Waals surface area contributed by atoms with Crippen molar-refractivity contribution in [1.29, 1.82) is 0 Å². The minimum Gasteiger partial charge on any atom is -0.379 e. The molecular weight excluding hydrogens is 351 g/mol. The molecule has 0 bridgehead atoms. The maximum Gasteiger partial charge on any atom is 0.256 e. The number of likely N-dealkylation sites (tertiary alicyclic amines) is 2. The number of carbonyl (C=O) groups excluding carboxylic acids is 1. The minimum absolute atomic E-state index is 0.230. The summed E-state index contributed by atoms with van der Waals surface area (Å²) in [5.41, 5.74) is -0.496. The summed E-state index contributed by atoms with van der Waals surface area (Å²) < 4.78 is 24.6. The molecule has 0 aromatic heterocycles. The Balaban J connectivity index is 1.36. The van der Waals surface area contributed by atoms with Crippen molar-refractivity contribution in [3.8, 4) is 0 Å². The molecule has 27 heavy (non-hydrogen) atoms. The van der Waals surface area contributed by atoms with Crippen LogP contribution in [0.1, 0.15) is 31.2 Å². The van der Waals surface area contributed by atoms with Crippen LogP contribution in [0, 0.1) is 5.82 Å². The van der Waals surface area contributed by atoms with Gasteiger partial charge in [0.05, 0.1) is 13.2 Å². The van der Waals surface area contributed by atoms with Crippen LogP contribution in [0.15, 0.2) is 24.3 Å². The highest BCUT2D eigenvalue weighted by Gasteiger charge is 2.46. The van der Waals surface area contributed by atoms with Gasteiger partial charge in [-0.05, 0) is 30.5 Å². The van der Waals surface area contributed by atoms with Crippen molar-refractivity contribution in [3.05, 3.63) is 35.6 Å². The fourth-order valence-electron chi connectivity index (χ4n) is 4.38. The molecule has 1 spiro atoms. The number of amides is 1. The van der Waals surface area contributed by atoms with Crippen molar-refractivity contribution in [1.82, 2.24) is 9.80 Å². The first kappa shape index (κ1) is 18.8. The highest BCUT2D eigenvalue weighted by molar-refractivity contribution is 5.86. The summed E-state index contributed by atoms with van der Waals surface area (Å²) in [6, 6.07) is 6.16. The smallest absolute Gasteiger partial charge is 0.256 e. The fraction of sp³-hybridized carbons (Fsp3) is 0.650. The van der Waals surface area contributed by atoms with E-state index in [9.17, 15) is 14.3 Å². The maximum atomic E-state index is 13.1. The second kappa shape index (κ2) is 7.47. The van der Waals surface area contributed by atoms with Crippen molar-refractivity contribution in [2.75, 3.05) is 39.4 Å². The van der Waals surface area contributed by atoms with Gasteiger partial charge in [-0.25, -0.2) is 4.39 Å². The van der Waals surface area contributed by atoms with Crippen molar-refractivity contribution in [2.24, 2.45) is 0 Å². The van der Waals surface area contributed by atoms with E-state index >= 15 is 0 Å². The third-order valence-corrected chi connectivity index (χ3v) is 5.91. The number of nitrogens with zero attached hydrogens (tertiary/aromatic N) is 2. The third-order valence-electron chi connectivity index (χ3n) is 5.91. The van der Waals surface area contributed by atoms with Crippen molar-refractivity contribution in [2.45, 2.75) is 43.6 Å². The van der Waals surface area contributed by atoms with E-state index in [4.69, 9.17) is 9.47 Å². The molecule has 1 amide bonds. The Kier molecular flexibility index (Phi) is 5.20. The lowest BCUT2D eigenvalue weighted by Crippen LogP contribution is -2.59. The van der Waals surface area contributed by atoms with Gasteiger partial charge in [0.1, 0.15) is 5.82 Å². The molecule has 0 saturated carbocycles. The molecule has 0 aliphatic carbocycles. The van der Waals surface area contributed by atoms with Crippen molar-refractivity contribution >= 4 is 5.91 Å². The summed E-state index contributed by atoms with van der Waals surface area (Å²) in [6.07, 6.45) is 2.75. The average molecular weight is 378 g/mol. The molecule has 3 aliphatic heterocycles. The van der Waals surface area contributed by atoms with E-state index in [2.05, 4.69) is 4.90 Å². The van der Waals surface area contributed by atoms with Crippen LogP contribution in [0.5, 0.6) is 0 Å². The van der Waals surface area contributed by atoms with Crippen molar-refractivity contribution < 1.29 is 23.8 Å². The van der Waals surface area contributed by atoms with Crippen LogP contribution < -0.4 is 0 Å². The number of benzene rings is 1. The number of halogens is 1. The van der Waals surface area contributed by atoms with Gasteiger partial charge in [-0.1, -0.05) is 12.1 Å². The van der Waals surface area contributed by atoms with Gasteiger partial charge in [0.25, 0.3) is 5.91 Å². The Bertz CT molecular complexity index is 667. The summed E-state index contributed by atoms with van der Waals surface area (Å²) in [6.45, 7) is 4.11. The molecule has 1 aromatic carbocycles. The van der Waals surface area contributed by atoms with E-state index < -0.39 is 11.4 Å². The summed E-state index contributed by atoms with van der Waals surface area (Å²) >= 11 is 0. The molecule has 0 unspecified atom stereocenters. The summed E-state index contributed by atoms with van der Waals surface area (Å²) in [4.78, 5) is 16.8. The SMILES string of the molecule is O=C1N(Cc2ccc(F)cc2)CCC[C@]1(O)CN1CCC2(CC1)OCCO2. The largest absolute Gasteiger partial charge is 0.379 e. The van der Waals surface area contributed by atoms with Gasteiger partial charge in [0.15, 0.2) is 11.4 Å². The number of hydrogen-bond acceptors (Lipinski definition) is 5. The van der Waals surface area contributed by atoms with Crippen LogP contribution in [-0.4, -0.2) is 71.6 Å². The number of rotatable bonds is 4. The van der Waals surface area contributed by atoms with Gasteiger partial charge in [0.2, 0.25) is 0 Å². The van der Waals surface area contributed by atoms with Gasteiger partial charge in [-0.2, -0.15) is 0 Å². The number of piperidine rings is 2. The molecule has 3 fully saturated rings. The van der Waals surface area contributed by atoms with Crippen LogP contribution >= 0.6 is 0 Å². The second-order valence-electron chi connectivity index (χ2n) is 7.87. The molecule has 0 radical (unpaired) electrons. The predicted molar refractivity (Wildman–Crippen MR) is 96.3 cm³/mol. The number of β-amino-alcohol motifs (C(OH)–C–C–N with tert-alkyl or cyclic N) is 1.